The summed E-state index contributed by atoms with van der Waals surface area (Å²) in [6.45, 7) is 5.04. The highest BCUT2D eigenvalue weighted by molar-refractivity contribution is 5.98. The minimum atomic E-state index is -0.0602. The molecular weight excluding hydrogens is 378 g/mol. The van der Waals surface area contributed by atoms with Crippen LogP contribution in [-0.2, 0) is 9.59 Å². The first kappa shape index (κ1) is 20.4. The number of likely N-dealkylation sites (tertiary alicyclic amines) is 1. The Hall–Kier alpha value is -2.86. The van der Waals surface area contributed by atoms with E-state index in [1.165, 1.54) is 10.6 Å². The smallest absolute Gasteiger partial charge is 0.229 e. The summed E-state index contributed by atoms with van der Waals surface area (Å²) in [4.78, 5) is 31.5. The normalized spacial score (nSPS) is 18.7. The maximum absolute atomic E-state index is 12.7. The Balaban J connectivity index is 1.26. The van der Waals surface area contributed by atoms with Crippen molar-refractivity contribution in [3.63, 3.8) is 0 Å². The van der Waals surface area contributed by atoms with Gasteiger partial charge in [0, 0.05) is 63.7 Å². The summed E-state index contributed by atoms with van der Waals surface area (Å²) in [5, 5.41) is 0. The number of methoxy groups -OCH3 is 1. The second-order valence-electron chi connectivity index (χ2n) is 7.98. The number of hydrogen-bond donors (Lipinski definition) is 0. The van der Waals surface area contributed by atoms with Crippen LogP contribution in [0.5, 0.6) is 5.75 Å². The molecule has 158 valence electrons. The molecule has 0 atom stereocenters. The zero-order valence-electron chi connectivity index (χ0n) is 17.5. The molecule has 2 aliphatic heterocycles. The largest absolute Gasteiger partial charge is 0.497 e. The van der Waals surface area contributed by atoms with Gasteiger partial charge in [-0.15, -0.1) is 0 Å². The number of rotatable bonds is 6. The lowest BCUT2D eigenvalue weighted by atomic mass is 9.88. The molecule has 0 bridgehead atoms. The van der Waals surface area contributed by atoms with Crippen molar-refractivity contribution in [2.24, 2.45) is 0 Å². The van der Waals surface area contributed by atoms with Gasteiger partial charge < -0.3 is 9.64 Å². The van der Waals surface area contributed by atoms with Gasteiger partial charge in [0.15, 0.2) is 0 Å². The molecule has 0 spiro atoms. The van der Waals surface area contributed by atoms with E-state index in [1.807, 2.05) is 30.3 Å². The van der Waals surface area contributed by atoms with Crippen LogP contribution in [0, 0.1) is 0 Å². The number of benzene rings is 2. The van der Waals surface area contributed by atoms with Crippen LogP contribution in [0.3, 0.4) is 0 Å². The lowest BCUT2D eigenvalue weighted by Crippen LogP contribution is -2.51. The quantitative estimate of drug-likeness (QED) is 0.690. The molecule has 4 rings (SSSR count). The van der Waals surface area contributed by atoms with Crippen molar-refractivity contribution in [3.8, 4) is 5.75 Å². The maximum atomic E-state index is 12.7. The summed E-state index contributed by atoms with van der Waals surface area (Å²) >= 11 is 0. The minimum absolute atomic E-state index is 0.0402. The van der Waals surface area contributed by atoms with Gasteiger partial charge in [-0.1, -0.05) is 30.3 Å². The molecule has 2 aromatic rings. The van der Waals surface area contributed by atoms with Crippen molar-refractivity contribution < 1.29 is 14.3 Å². The highest BCUT2D eigenvalue weighted by atomic mass is 16.5. The van der Waals surface area contributed by atoms with E-state index in [-0.39, 0.29) is 17.7 Å². The van der Waals surface area contributed by atoms with Crippen molar-refractivity contribution in [1.29, 1.82) is 0 Å². The Morgan fingerprint density at radius 2 is 1.47 bits per heavy atom. The number of carbonyl (C=O) groups is 2. The highest BCUT2D eigenvalue weighted by Gasteiger charge is 2.33. The fourth-order valence-electron chi connectivity index (χ4n) is 4.32. The molecule has 2 fully saturated rings. The first-order chi connectivity index (χ1) is 14.6. The predicted octanol–water partition coefficient (Wildman–Crippen LogP) is 2.75. The number of imide groups is 1. The Morgan fingerprint density at radius 3 is 2.07 bits per heavy atom. The predicted molar refractivity (Wildman–Crippen MR) is 117 cm³/mol. The van der Waals surface area contributed by atoms with E-state index in [0.717, 1.165) is 44.0 Å². The average molecular weight is 408 g/mol. The molecule has 30 heavy (non-hydrogen) atoms. The molecule has 6 nitrogen and oxygen atoms in total. The van der Waals surface area contributed by atoms with Crippen molar-refractivity contribution >= 4 is 17.5 Å². The van der Waals surface area contributed by atoms with Gasteiger partial charge in [-0.3, -0.25) is 19.4 Å². The van der Waals surface area contributed by atoms with Crippen LogP contribution >= 0.6 is 0 Å². The fraction of sp³-hybridized carbons (Fsp3) is 0.417. The Morgan fingerprint density at radius 1 is 0.833 bits per heavy atom. The number of nitrogens with zero attached hydrogens (tertiary/aromatic N) is 3. The van der Waals surface area contributed by atoms with E-state index in [1.54, 1.807) is 7.11 Å². The lowest BCUT2D eigenvalue weighted by Gasteiger charge is -2.37. The number of amides is 2. The van der Waals surface area contributed by atoms with Crippen LogP contribution in [0.1, 0.15) is 24.3 Å². The lowest BCUT2D eigenvalue weighted by molar-refractivity contribution is -0.148. The van der Waals surface area contributed by atoms with Crippen LogP contribution < -0.4 is 9.64 Å². The minimum Gasteiger partial charge on any atom is -0.497 e. The van der Waals surface area contributed by atoms with Crippen molar-refractivity contribution in [2.75, 3.05) is 51.3 Å². The van der Waals surface area contributed by atoms with E-state index in [9.17, 15) is 9.59 Å². The van der Waals surface area contributed by atoms with E-state index in [0.29, 0.717) is 19.4 Å². The molecule has 0 unspecified atom stereocenters. The van der Waals surface area contributed by atoms with E-state index in [2.05, 4.69) is 34.1 Å². The van der Waals surface area contributed by atoms with Crippen LogP contribution in [0.25, 0.3) is 0 Å². The molecule has 6 heteroatoms. The fourth-order valence-corrected chi connectivity index (χ4v) is 4.32. The van der Waals surface area contributed by atoms with Gasteiger partial charge in [0.05, 0.1) is 7.11 Å². The summed E-state index contributed by atoms with van der Waals surface area (Å²) in [5.41, 5.74) is 2.28. The van der Waals surface area contributed by atoms with Crippen LogP contribution in [0.4, 0.5) is 5.69 Å². The van der Waals surface area contributed by atoms with Gasteiger partial charge in [-0.2, -0.15) is 0 Å². The van der Waals surface area contributed by atoms with E-state index < -0.39 is 0 Å². The van der Waals surface area contributed by atoms with Gasteiger partial charge in [0.1, 0.15) is 5.75 Å². The monoisotopic (exact) mass is 407 g/mol. The van der Waals surface area contributed by atoms with Gasteiger partial charge in [-0.25, -0.2) is 0 Å². The summed E-state index contributed by atoms with van der Waals surface area (Å²) in [7, 11) is 1.63. The molecule has 2 saturated heterocycles. The molecular formula is C24H29N3O3. The maximum Gasteiger partial charge on any atom is 0.229 e. The molecule has 0 aliphatic carbocycles. The van der Waals surface area contributed by atoms with Crippen LogP contribution in [-0.4, -0.2) is 68.0 Å². The van der Waals surface area contributed by atoms with Crippen LogP contribution in [0.15, 0.2) is 54.6 Å². The third kappa shape index (κ3) is 4.65. The first-order valence-corrected chi connectivity index (χ1v) is 10.6. The second kappa shape index (κ2) is 9.30. The molecule has 2 aliphatic rings. The summed E-state index contributed by atoms with van der Waals surface area (Å²) in [5.74, 6) is 0.618. The zero-order chi connectivity index (χ0) is 20.9. The number of carbonyl (C=O) groups excluding carboxylic acids is 2. The third-order valence-electron chi connectivity index (χ3n) is 6.16. The number of ether oxygens (including phenoxy) is 1. The average Bonchev–Trinajstić information content (AvgIpc) is 2.79. The van der Waals surface area contributed by atoms with Gasteiger partial charge in [0.25, 0.3) is 0 Å². The van der Waals surface area contributed by atoms with Crippen molar-refractivity contribution in [2.45, 2.75) is 18.8 Å². The van der Waals surface area contributed by atoms with Gasteiger partial charge >= 0.3 is 0 Å². The third-order valence-corrected chi connectivity index (χ3v) is 6.16. The summed E-state index contributed by atoms with van der Waals surface area (Å²) in [6.07, 6.45) is 0.777. The number of piperazine rings is 1. The molecule has 2 heterocycles. The summed E-state index contributed by atoms with van der Waals surface area (Å²) in [6, 6.07) is 18.1. The Bertz CT molecular complexity index is 843. The topological polar surface area (TPSA) is 53.1 Å². The van der Waals surface area contributed by atoms with Gasteiger partial charge in [0.2, 0.25) is 11.8 Å². The molecule has 0 saturated carbocycles. The molecule has 2 amide bonds. The van der Waals surface area contributed by atoms with Crippen LogP contribution in [0.2, 0.25) is 0 Å². The molecule has 0 N–H and O–H groups in total. The summed E-state index contributed by atoms with van der Waals surface area (Å²) < 4.78 is 5.19. The first-order valence-electron chi connectivity index (χ1n) is 10.6. The molecule has 0 radical (unpaired) electrons. The van der Waals surface area contributed by atoms with Crippen molar-refractivity contribution in [1.82, 2.24) is 9.80 Å². The van der Waals surface area contributed by atoms with Crippen molar-refractivity contribution in [3.05, 3.63) is 60.2 Å². The molecule has 2 aromatic carbocycles. The Labute approximate surface area is 178 Å². The number of piperidine rings is 1. The number of anilines is 1. The second-order valence-corrected chi connectivity index (χ2v) is 7.98. The Kier molecular flexibility index (Phi) is 6.33. The highest BCUT2D eigenvalue weighted by Crippen LogP contribution is 2.30. The number of hydrogen-bond acceptors (Lipinski definition) is 5. The van der Waals surface area contributed by atoms with Gasteiger partial charge in [-0.05, 0) is 29.8 Å². The molecule has 0 aromatic heterocycles. The standard InChI is InChI=1S/C24H29N3O3/c1-30-22-9-7-19(8-10-22)20-17-23(28)27(24(29)18-20)16-13-25-11-14-26(15-12-25)21-5-3-2-4-6-21/h2-10,20H,11-18H2,1H3. The zero-order valence-corrected chi connectivity index (χ0v) is 17.5. The number of para-hydroxylation sites is 1. The van der Waals surface area contributed by atoms with E-state index >= 15 is 0 Å². The van der Waals surface area contributed by atoms with E-state index in [4.69, 9.17) is 4.74 Å². The SMILES string of the molecule is COc1ccc(C2CC(=O)N(CCN3CCN(c4ccccc4)CC3)C(=O)C2)cc1.